The van der Waals surface area contributed by atoms with Crippen molar-refractivity contribution < 1.29 is 0 Å². The Bertz CT molecular complexity index is 876. The average molecular weight is 318 g/mol. The molecule has 4 nitrogen and oxygen atoms in total. The number of aryl methyl sites for hydroxylation is 3. The van der Waals surface area contributed by atoms with Gasteiger partial charge in [-0.3, -0.25) is 5.43 Å². The molecule has 0 saturated carbocycles. The molecule has 1 aromatic heterocycles. The number of hydrogen-bond donors (Lipinski definition) is 1. The predicted molar refractivity (Wildman–Crippen MR) is 100 cm³/mol. The maximum Gasteiger partial charge on any atom is 0.0689 e. The number of para-hydroxylation sites is 1. The fourth-order valence-electron chi connectivity index (χ4n) is 2.80. The van der Waals surface area contributed by atoms with Crippen LogP contribution in [0.1, 0.15) is 28.1 Å². The van der Waals surface area contributed by atoms with E-state index in [0.717, 1.165) is 28.3 Å². The van der Waals surface area contributed by atoms with Gasteiger partial charge >= 0.3 is 0 Å². The highest BCUT2D eigenvalue weighted by molar-refractivity contribution is 5.83. The van der Waals surface area contributed by atoms with E-state index in [-0.39, 0.29) is 0 Å². The van der Waals surface area contributed by atoms with Crippen molar-refractivity contribution in [3.05, 3.63) is 76.6 Å². The van der Waals surface area contributed by atoms with Crippen LogP contribution in [0.3, 0.4) is 0 Å². The first-order valence-corrected chi connectivity index (χ1v) is 8.04. The smallest absolute Gasteiger partial charge is 0.0689 e. The summed E-state index contributed by atoms with van der Waals surface area (Å²) in [4.78, 5) is 0. The summed E-state index contributed by atoms with van der Waals surface area (Å²) in [6, 6.07) is 16.3. The van der Waals surface area contributed by atoms with E-state index in [0.29, 0.717) is 0 Å². The van der Waals surface area contributed by atoms with Crippen LogP contribution in [0.5, 0.6) is 0 Å². The van der Waals surface area contributed by atoms with Crippen molar-refractivity contribution in [2.45, 2.75) is 27.7 Å². The van der Waals surface area contributed by atoms with E-state index in [4.69, 9.17) is 5.10 Å². The molecule has 0 bridgehead atoms. The lowest BCUT2D eigenvalue weighted by Crippen LogP contribution is -2.02. The van der Waals surface area contributed by atoms with Crippen LogP contribution >= 0.6 is 0 Å². The summed E-state index contributed by atoms with van der Waals surface area (Å²) >= 11 is 0. The molecule has 0 fully saturated rings. The Labute approximate surface area is 142 Å². The minimum absolute atomic E-state index is 0.964. The molecule has 24 heavy (non-hydrogen) atoms. The molecular formula is C20H22N4. The molecule has 1 N–H and O–H groups in total. The molecule has 3 rings (SSSR count). The van der Waals surface area contributed by atoms with Crippen molar-refractivity contribution in [2.75, 3.05) is 5.43 Å². The van der Waals surface area contributed by atoms with Crippen molar-refractivity contribution in [2.24, 2.45) is 5.10 Å². The first-order valence-electron chi connectivity index (χ1n) is 8.04. The Morgan fingerprint density at radius 2 is 1.75 bits per heavy atom. The highest BCUT2D eigenvalue weighted by Crippen LogP contribution is 2.20. The number of anilines is 1. The van der Waals surface area contributed by atoms with Crippen LogP contribution in [0.15, 0.2) is 53.6 Å². The van der Waals surface area contributed by atoms with E-state index < -0.39 is 0 Å². The van der Waals surface area contributed by atoms with Crippen molar-refractivity contribution >= 4 is 11.9 Å². The zero-order valence-electron chi connectivity index (χ0n) is 14.5. The van der Waals surface area contributed by atoms with Crippen molar-refractivity contribution in [1.82, 2.24) is 9.78 Å². The van der Waals surface area contributed by atoms with Crippen LogP contribution in [-0.4, -0.2) is 16.0 Å². The Morgan fingerprint density at radius 3 is 2.46 bits per heavy atom. The molecule has 2 aromatic carbocycles. The molecule has 0 aliphatic rings. The highest BCUT2D eigenvalue weighted by atomic mass is 15.3. The van der Waals surface area contributed by atoms with Crippen LogP contribution in [-0.2, 0) is 0 Å². The van der Waals surface area contributed by atoms with Gasteiger partial charge in [0.05, 0.1) is 29.0 Å². The molecule has 0 amide bonds. The lowest BCUT2D eigenvalue weighted by atomic mass is 10.1. The first kappa shape index (κ1) is 16.0. The van der Waals surface area contributed by atoms with Crippen LogP contribution in [0.2, 0.25) is 0 Å². The standard InChI is InChI=1S/C20H22N4/c1-14-10-11-20(15(2)12-14)24-17(4)19(16(3)23-24)13-21-22-18-8-6-5-7-9-18/h5-13,22H,1-4H3/b21-13+. The quantitative estimate of drug-likeness (QED) is 0.566. The van der Waals surface area contributed by atoms with Gasteiger partial charge in [0.25, 0.3) is 0 Å². The molecule has 0 aliphatic heterocycles. The third-order valence-electron chi connectivity index (χ3n) is 4.09. The molecule has 0 spiro atoms. The van der Waals surface area contributed by atoms with Gasteiger partial charge in [-0.05, 0) is 51.5 Å². The molecule has 3 aromatic rings. The Balaban J connectivity index is 1.89. The van der Waals surface area contributed by atoms with Crippen LogP contribution in [0.4, 0.5) is 5.69 Å². The summed E-state index contributed by atoms with van der Waals surface area (Å²) in [6.07, 6.45) is 1.84. The summed E-state index contributed by atoms with van der Waals surface area (Å²) in [6.45, 7) is 8.30. The molecular weight excluding hydrogens is 296 g/mol. The fraction of sp³-hybridized carbons (Fsp3) is 0.200. The summed E-state index contributed by atoms with van der Waals surface area (Å²) in [5, 5.41) is 9.04. The van der Waals surface area contributed by atoms with Gasteiger partial charge in [0.2, 0.25) is 0 Å². The molecule has 0 saturated heterocycles. The maximum atomic E-state index is 4.69. The number of benzene rings is 2. The van der Waals surface area contributed by atoms with E-state index in [1.54, 1.807) is 0 Å². The van der Waals surface area contributed by atoms with Gasteiger partial charge in [-0.25, -0.2) is 4.68 Å². The summed E-state index contributed by atoms with van der Waals surface area (Å²) in [5.74, 6) is 0. The zero-order chi connectivity index (χ0) is 17.1. The van der Waals surface area contributed by atoms with Crippen molar-refractivity contribution in [3.63, 3.8) is 0 Å². The van der Waals surface area contributed by atoms with Gasteiger partial charge < -0.3 is 0 Å². The van der Waals surface area contributed by atoms with E-state index in [1.807, 2.05) is 48.2 Å². The van der Waals surface area contributed by atoms with E-state index in [9.17, 15) is 0 Å². The fourth-order valence-corrected chi connectivity index (χ4v) is 2.80. The number of nitrogens with one attached hydrogen (secondary N) is 1. The van der Waals surface area contributed by atoms with Crippen LogP contribution in [0.25, 0.3) is 5.69 Å². The van der Waals surface area contributed by atoms with Gasteiger partial charge in [0, 0.05) is 5.56 Å². The van der Waals surface area contributed by atoms with Crippen LogP contribution < -0.4 is 5.43 Å². The highest BCUT2D eigenvalue weighted by Gasteiger charge is 2.12. The minimum Gasteiger partial charge on any atom is -0.279 e. The maximum absolute atomic E-state index is 4.69. The lowest BCUT2D eigenvalue weighted by molar-refractivity contribution is 0.827. The zero-order valence-corrected chi connectivity index (χ0v) is 14.5. The summed E-state index contributed by atoms with van der Waals surface area (Å²) < 4.78 is 1.99. The Hall–Kier alpha value is -2.88. The van der Waals surface area contributed by atoms with Gasteiger partial charge in [0.15, 0.2) is 0 Å². The third kappa shape index (κ3) is 3.23. The van der Waals surface area contributed by atoms with Gasteiger partial charge in [-0.1, -0.05) is 35.9 Å². The summed E-state index contributed by atoms with van der Waals surface area (Å²) in [7, 11) is 0. The molecule has 122 valence electrons. The van der Waals surface area contributed by atoms with E-state index in [1.165, 1.54) is 11.1 Å². The van der Waals surface area contributed by atoms with E-state index >= 15 is 0 Å². The number of hydrogen-bond acceptors (Lipinski definition) is 3. The second kappa shape index (κ2) is 6.71. The summed E-state index contributed by atoms with van der Waals surface area (Å²) in [5.41, 5.74) is 10.7. The number of nitrogens with zero attached hydrogens (tertiary/aromatic N) is 3. The third-order valence-corrected chi connectivity index (χ3v) is 4.09. The number of rotatable bonds is 4. The molecule has 0 radical (unpaired) electrons. The number of hydrazone groups is 1. The van der Waals surface area contributed by atoms with Crippen molar-refractivity contribution in [3.8, 4) is 5.69 Å². The second-order valence-electron chi connectivity index (χ2n) is 6.02. The molecule has 0 atom stereocenters. The topological polar surface area (TPSA) is 42.2 Å². The average Bonchev–Trinajstić information content (AvgIpc) is 2.84. The van der Waals surface area contributed by atoms with E-state index in [2.05, 4.69) is 49.5 Å². The first-order chi connectivity index (χ1) is 11.6. The largest absolute Gasteiger partial charge is 0.279 e. The monoisotopic (exact) mass is 318 g/mol. The minimum atomic E-state index is 0.964. The molecule has 0 unspecified atom stereocenters. The normalized spacial score (nSPS) is 11.2. The molecule has 4 heteroatoms. The van der Waals surface area contributed by atoms with Gasteiger partial charge in [-0.15, -0.1) is 0 Å². The van der Waals surface area contributed by atoms with Crippen molar-refractivity contribution in [1.29, 1.82) is 0 Å². The van der Waals surface area contributed by atoms with Gasteiger partial charge in [0.1, 0.15) is 0 Å². The van der Waals surface area contributed by atoms with Crippen LogP contribution in [0, 0.1) is 27.7 Å². The number of aromatic nitrogens is 2. The predicted octanol–water partition coefficient (Wildman–Crippen LogP) is 4.55. The van der Waals surface area contributed by atoms with Gasteiger partial charge in [-0.2, -0.15) is 10.2 Å². The molecule has 0 aliphatic carbocycles. The molecule has 1 heterocycles. The SMILES string of the molecule is Cc1ccc(-n2nc(C)c(/C=N/Nc3ccccc3)c2C)c(C)c1. The lowest BCUT2D eigenvalue weighted by Gasteiger charge is -2.09. The Morgan fingerprint density at radius 1 is 1.00 bits per heavy atom. The Kier molecular flexibility index (Phi) is 4.47. The second-order valence-corrected chi connectivity index (χ2v) is 6.02.